The van der Waals surface area contributed by atoms with Gasteiger partial charge in [0, 0.05) is 49.4 Å². The molecule has 4 heteroatoms. The third-order valence-electron chi connectivity index (χ3n) is 3.52. The van der Waals surface area contributed by atoms with Crippen LogP contribution in [0.4, 0.5) is 5.69 Å². The highest BCUT2D eigenvalue weighted by molar-refractivity contribution is 9.10. The van der Waals surface area contributed by atoms with Crippen LogP contribution in [0.2, 0.25) is 0 Å². The van der Waals surface area contributed by atoms with Crippen molar-refractivity contribution in [2.75, 3.05) is 45.2 Å². The van der Waals surface area contributed by atoms with Crippen LogP contribution in [-0.4, -0.2) is 51.2 Å². The Morgan fingerprint density at radius 3 is 3.06 bits per heavy atom. The molecular formula is C14H22BrN3. The first-order valence-corrected chi connectivity index (χ1v) is 7.33. The normalized spacial score (nSPS) is 20.9. The zero-order chi connectivity index (χ0) is 13.0. The lowest BCUT2D eigenvalue weighted by Gasteiger charge is -2.32. The van der Waals surface area contributed by atoms with Gasteiger partial charge in [-0.1, -0.05) is 22.0 Å². The molecule has 1 fully saturated rings. The van der Waals surface area contributed by atoms with E-state index in [2.05, 4.69) is 69.4 Å². The molecule has 1 aromatic rings. The van der Waals surface area contributed by atoms with Gasteiger partial charge in [0.15, 0.2) is 0 Å². The molecule has 1 N–H and O–H groups in total. The highest BCUT2D eigenvalue weighted by atomic mass is 79.9. The van der Waals surface area contributed by atoms with Gasteiger partial charge in [0.05, 0.1) is 0 Å². The number of piperazine rings is 1. The van der Waals surface area contributed by atoms with Gasteiger partial charge in [-0.05, 0) is 31.7 Å². The molecule has 1 aromatic carbocycles. The first kappa shape index (κ1) is 13.8. The van der Waals surface area contributed by atoms with Crippen molar-refractivity contribution in [2.45, 2.75) is 12.5 Å². The Morgan fingerprint density at radius 2 is 2.33 bits per heavy atom. The monoisotopic (exact) mass is 311 g/mol. The molecule has 0 aliphatic carbocycles. The summed E-state index contributed by atoms with van der Waals surface area (Å²) in [6, 6.07) is 9.10. The number of halogens is 1. The van der Waals surface area contributed by atoms with Crippen molar-refractivity contribution in [3.8, 4) is 0 Å². The number of hydrogen-bond acceptors (Lipinski definition) is 3. The van der Waals surface area contributed by atoms with E-state index in [1.165, 1.54) is 12.1 Å². The maximum absolute atomic E-state index is 3.59. The van der Waals surface area contributed by atoms with Crippen LogP contribution in [0.25, 0.3) is 0 Å². The van der Waals surface area contributed by atoms with Crippen molar-refractivity contribution in [1.29, 1.82) is 0 Å². The summed E-state index contributed by atoms with van der Waals surface area (Å²) in [5.74, 6) is 0. The summed E-state index contributed by atoms with van der Waals surface area (Å²) in [5.41, 5.74) is 1.27. The summed E-state index contributed by atoms with van der Waals surface area (Å²) in [5, 5.41) is 3.59. The van der Waals surface area contributed by atoms with Crippen LogP contribution in [0.5, 0.6) is 0 Å². The number of anilines is 1. The fraction of sp³-hybridized carbons (Fsp3) is 0.571. The SMILES string of the molecule is CN1CCNC(CCN(C)c2cccc(Br)c2)C1. The molecule has 1 aliphatic rings. The number of hydrogen-bond donors (Lipinski definition) is 1. The van der Waals surface area contributed by atoms with E-state index in [-0.39, 0.29) is 0 Å². The van der Waals surface area contributed by atoms with Gasteiger partial charge in [-0.2, -0.15) is 0 Å². The van der Waals surface area contributed by atoms with Crippen molar-refractivity contribution < 1.29 is 0 Å². The molecule has 0 radical (unpaired) electrons. The van der Waals surface area contributed by atoms with Crippen LogP contribution in [0, 0.1) is 0 Å². The minimum Gasteiger partial charge on any atom is -0.375 e. The minimum atomic E-state index is 0.623. The van der Waals surface area contributed by atoms with Crippen LogP contribution in [0.3, 0.4) is 0 Å². The van der Waals surface area contributed by atoms with Gasteiger partial charge in [0.2, 0.25) is 0 Å². The molecule has 0 amide bonds. The Bertz CT molecular complexity index is 383. The lowest BCUT2D eigenvalue weighted by Crippen LogP contribution is -2.49. The average molecular weight is 312 g/mol. The van der Waals surface area contributed by atoms with Gasteiger partial charge in [-0.3, -0.25) is 0 Å². The van der Waals surface area contributed by atoms with Gasteiger partial charge in [-0.15, -0.1) is 0 Å². The van der Waals surface area contributed by atoms with Gasteiger partial charge in [-0.25, -0.2) is 0 Å². The molecule has 0 aromatic heterocycles. The highest BCUT2D eigenvalue weighted by Gasteiger charge is 2.16. The van der Waals surface area contributed by atoms with Crippen LogP contribution in [0.15, 0.2) is 28.7 Å². The quantitative estimate of drug-likeness (QED) is 0.919. The Labute approximate surface area is 118 Å². The summed E-state index contributed by atoms with van der Waals surface area (Å²) < 4.78 is 1.14. The van der Waals surface area contributed by atoms with Crippen LogP contribution in [0.1, 0.15) is 6.42 Å². The number of nitrogens with zero attached hydrogens (tertiary/aromatic N) is 2. The van der Waals surface area contributed by atoms with Crippen LogP contribution < -0.4 is 10.2 Å². The maximum atomic E-state index is 3.59. The van der Waals surface area contributed by atoms with Crippen molar-refractivity contribution in [1.82, 2.24) is 10.2 Å². The summed E-state index contributed by atoms with van der Waals surface area (Å²) >= 11 is 3.52. The second kappa shape index (κ2) is 6.55. The van der Waals surface area contributed by atoms with E-state index in [1.54, 1.807) is 0 Å². The number of benzene rings is 1. The third-order valence-corrected chi connectivity index (χ3v) is 4.01. The second-order valence-corrected chi connectivity index (χ2v) is 6.02. The van der Waals surface area contributed by atoms with Gasteiger partial charge in [0.1, 0.15) is 0 Å². The van der Waals surface area contributed by atoms with Crippen LogP contribution >= 0.6 is 15.9 Å². The highest BCUT2D eigenvalue weighted by Crippen LogP contribution is 2.19. The third kappa shape index (κ3) is 3.97. The van der Waals surface area contributed by atoms with E-state index < -0.39 is 0 Å². The summed E-state index contributed by atoms with van der Waals surface area (Å²) in [6.45, 7) is 4.52. The predicted octanol–water partition coefficient (Wildman–Crippen LogP) is 2.18. The lowest BCUT2D eigenvalue weighted by atomic mass is 10.1. The molecule has 1 heterocycles. The van der Waals surface area contributed by atoms with Gasteiger partial charge in [0.25, 0.3) is 0 Å². The molecule has 0 saturated carbocycles. The van der Waals surface area contributed by atoms with E-state index in [0.717, 1.165) is 30.7 Å². The fourth-order valence-corrected chi connectivity index (χ4v) is 2.76. The number of rotatable bonds is 4. The Balaban J connectivity index is 1.82. The van der Waals surface area contributed by atoms with Crippen molar-refractivity contribution in [3.63, 3.8) is 0 Å². The Kier molecular flexibility index (Phi) is 5.03. The molecule has 2 rings (SSSR count). The first-order chi connectivity index (χ1) is 8.65. The van der Waals surface area contributed by atoms with E-state index in [4.69, 9.17) is 0 Å². The largest absolute Gasteiger partial charge is 0.375 e. The molecule has 1 saturated heterocycles. The summed E-state index contributed by atoms with van der Waals surface area (Å²) in [6.07, 6.45) is 1.19. The Morgan fingerprint density at radius 1 is 1.50 bits per heavy atom. The zero-order valence-corrected chi connectivity index (χ0v) is 12.8. The standard InChI is InChI=1S/C14H22BrN3/c1-17-9-7-16-13(11-17)6-8-18(2)14-5-3-4-12(15)10-14/h3-5,10,13,16H,6-9,11H2,1-2H3. The number of nitrogens with one attached hydrogen (secondary N) is 1. The predicted molar refractivity (Wildman–Crippen MR) is 81.3 cm³/mol. The molecular weight excluding hydrogens is 290 g/mol. The molecule has 1 aliphatic heterocycles. The van der Waals surface area contributed by atoms with Crippen molar-refractivity contribution >= 4 is 21.6 Å². The molecule has 1 atom stereocenters. The maximum Gasteiger partial charge on any atom is 0.0374 e. The van der Waals surface area contributed by atoms with Crippen molar-refractivity contribution in [2.24, 2.45) is 0 Å². The smallest absolute Gasteiger partial charge is 0.0374 e. The van der Waals surface area contributed by atoms with Crippen LogP contribution in [-0.2, 0) is 0 Å². The fourth-order valence-electron chi connectivity index (χ4n) is 2.38. The molecule has 100 valence electrons. The Hall–Kier alpha value is -0.580. The van der Waals surface area contributed by atoms with E-state index in [1.807, 2.05) is 0 Å². The second-order valence-electron chi connectivity index (χ2n) is 5.10. The van der Waals surface area contributed by atoms with Gasteiger partial charge >= 0.3 is 0 Å². The molecule has 1 unspecified atom stereocenters. The zero-order valence-electron chi connectivity index (χ0n) is 11.2. The molecule has 18 heavy (non-hydrogen) atoms. The van der Waals surface area contributed by atoms with E-state index >= 15 is 0 Å². The topological polar surface area (TPSA) is 18.5 Å². The van der Waals surface area contributed by atoms with E-state index in [0.29, 0.717) is 6.04 Å². The first-order valence-electron chi connectivity index (χ1n) is 6.54. The lowest BCUT2D eigenvalue weighted by molar-refractivity contribution is 0.233. The number of likely N-dealkylation sites (N-methyl/N-ethyl adjacent to an activating group) is 1. The summed E-state index contributed by atoms with van der Waals surface area (Å²) in [4.78, 5) is 4.72. The summed E-state index contributed by atoms with van der Waals surface area (Å²) in [7, 11) is 4.36. The molecule has 0 bridgehead atoms. The van der Waals surface area contributed by atoms with Crippen molar-refractivity contribution in [3.05, 3.63) is 28.7 Å². The molecule has 3 nitrogen and oxygen atoms in total. The average Bonchev–Trinajstić information content (AvgIpc) is 2.36. The molecule has 0 spiro atoms. The van der Waals surface area contributed by atoms with Gasteiger partial charge < -0.3 is 15.1 Å². The minimum absolute atomic E-state index is 0.623. The van der Waals surface area contributed by atoms with E-state index in [9.17, 15) is 0 Å².